The number of rotatable bonds is 8. The second-order valence-corrected chi connectivity index (χ2v) is 6.91. The average Bonchev–Trinajstić information content (AvgIpc) is 3.06. The topological polar surface area (TPSA) is 40.5 Å². The fourth-order valence-corrected chi connectivity index (χ4v) is 2.94. The molecule has 1 saturated carbocycles. The third-order valence-electron chi connectivity index (χ3n) is 3.86. The van der Waals surface area contributed by atoms with Gasteiger partial charge in [0.05, 0.1) is 5.41 Å². The van der Waals surface area contributed by atoms with Crippen molar-refractivity contribution in [2.75, 3.05) is 6.54 Å². The summed E-state index contributed by atoms with van der Waals surface area (Å²) in [5, 5.41) is 13.4. The summed E-state index contributed by atoms with van der Waals surface area (Å²) >= 11 is 1.74. The lowest BCUT2D eigenvalue weighted by atomic mass is 9.88. The Balaban J connectivity index is 1.80. The van der Waals surface area contributed by atoms with Crippen LogP contribution in [0.5, 0.6) is 0 Å². The molecule has 19 heavy (non-hydrogen) atoms. The standard InChI is InChI=1S/C15H23NO2S/c1-15(2,14(17)18)7-3-8-16(13-4-5-13)10-12-6-9-19-11-12/h6,9,11,13H,3-5,7-8,10H2,1-2H3,(H,17,18). The molecule has 0 saturated heterocycles. The molecule has 1 aromatic rings. The molecule has 1 aliphatic rings. The van der Waals surface area contributed by atoms with Crippen LogP contribution in [0.1, 0.15) is 45.1 Å². The van der Waals surface area contributed by atoms with Gasteiger partial charge in [-0.2, -0.15) is 11.3 Å². The fourth-order valence-electron chi connectivity index (χ4n) is 2.28. The van der Waals surface area contributed by atoms with Gasteiger partial charge < -0.3 is 5.11 Å². The van der Waals surface area contributed by atoms with Crippen LogP contribution in [-0.4, -0.2) is 28.6 Å². The first kappa shape index (κ1) is 14.5. The molecule has 0 aromatic carbocycles. The Morgan fingerprint density at radius 3 is 2.79 bits per heavy atom. The van der Waals surface area contributed by atoms with Crippen molar-refractivity contribution in [3.8, 4) is 0 Å². The molecule has 2 rings (SSSR count). The second kappa shape index (κ2) is 6.06. The fraction of sp³-hybridized carbons (Fsp3) is 0.667. The summed E-state index contributed by atoms with van der Waals surface area (Å²) in [6, 6.07) is 2.91. The van der Waals surface area contributed by atoms with Gasteiger partial charge in [0.1, 0.15) is 0 Å². The van der Waals surface area contributed by atoms with E-state index in [-0.39, 0.29) is 0 Å². The molecule has 1 fully saturated rings. The van der Waals surface area contributed by atoms with Gasteiger partial charge in [-0.15, -0.1) is 0 Å². The molecular formula is C15H23NO2S. The lowest BCUT2D eigenvalue weighted by molar-refractivity contribution is -0.147. The lowest BCUT2D eigenvalue weighted by Crippen LogP contribution is -2.29. The maximum absolute atomic E-state index is 11.1. The molecule has 0 radical (unpaired) electrons. The van der Waals surface area contributed by atoms with Crippen LogP contribution in [0, 0.1) is 5.41 Å². The molecule has 106 valence electrons. The van der Waals surface area contributed by atoms with Gasteiger partial charge in [-0.3, -0.25) is 9.69 Å². The van der Waals surface area contributed by atoms with Crippen molar-refractivity contribution in [1.82, 2.24) is 4.90 Å². The van der Waals surface area contributed by atoms with Crippen LogP contribution in [0.3, 0.4) is 0 Å². The molecule has 1 aliphatic carbocycles. The molecule has 0 bridgehead atoms. The van der Waals surface area contributed by atoms with Crippen LogP contribution < -0.4 is 0 Å². The van der Waals surface area contributed by atoms with E-state index in [2.05, 4.69) is 21.7 Å². The van der Waals surface area contributed by atoms with E-state index in [0.29, 0.717) is 0 Å². The largest absolute Gasteiger partial charge is 0.481 e. The molecular weight excluding hydrogens is 258 g/mol. The third kappa shape index (κ3) is 4.32. The molecule has 0 spiro atoms. The minimum atomic E-state index is -0.691. The highest BCUT2D eigenvalue weighted by molar-refractivity contribution is 7.07. The van der Waals surface area contributed by atoms with Crippen molar-refractivity contribution < 1.29 is 9.90 Å². The van der Waals surface area contributed by atoms with E-state index >= 15 is 0 Å². The van der Waals surface area contributed by atoms with Crippen molar-refractivity contribution in [2.24, 2.45) is 5.41 Å². The maximum atomic E-state index is 11.1. The van der Waals surface area contributed by atoms with Gasteiger partial charge in [-0.05, 0) is 68.5 Å². The first-order valence-corrected chi connectivity index (χ1v) is 7.92. The van der Waals surface area contributed by atoms with Gasteiger partial charge in [0, 0.05) is 12.6 Å². The summed E-state index contributed by atoms with van der Waals surface area (Å²) in [7, 11) is 0. The van der Waals surface area contributed by atoms with E-state index in [0.717, 1.165) is 32.0 Å². The van der Waals surface area contributed by atoms with Crippen LogP contribution in [0.2, 0.25) is 0 Å². The van der Waals surface area contributed by atoms with E-state index in [1.807, 2.05) is 13.8 Å². The molecule has 4 heteroatoms. The number of hydrogen-bond donors (Lipinski definition) is 1. The van der Waals surface area contributed by atoms with Crippen molar-refractivity contribution in [2.45, 2.75) is 52.1 Å². The zero-order valence-electron chi connectivity index (χ0n) is 11.8. The Hall–Kier alpha value is -0.870. The average molecular weight is 281 g/mol. The van der Waals surface area contributed by atoms with Crippen LogP contribution in [0.4, 0.5) is 0 Å². The van der Waals surface area contributed by atoms with E-state index in [1.165, 1.54) is 18.4 Å². The number of hydrogen-bond acceptors (Lipinski definition) is 3. The predicted molar refractivity (Wildman–Crippen MR) is 78.4 cm³/mol. The SMILES string of the molecule is CC(C)(CCCN(Cc1ccsc1)C1CC1)C(=O)O. The summed E-state index contributed by atoms with van der Waals surface area (Å²) in [5.74, 6) is -0.691. The van der Waals surface area contributed by atoms with E-state index in [1.54, 1.807) is 11.3 Å². The number of carbonyl (C=O) groups is 1. The Labute approximate surface area is 119 Å². The molecule has 3 nitrogen and oxygen atoms in total. The van der Waals surface area contributed by atoms with Gasteiger partial charge in [-0.25, -0.2) is 0 Å². The van der Waals surface area contributed by atoms with Gasteiger partial charge in [0.2, 0.25) is 0 Å². The minimum Gasteiger partial charge on any atom is -0.481 e. The summed E-state index contributed by atoms with van der Waals surface area (Å²) in [6.07, 6.45) is 4.30. The van der Waals surface area contributed by atoms with Crippen molar-refractivity contribution in [3.63, 3.8) is 0 Å². The third-order valence-corrected chi connectivity index (χ3v) is 4.59. The van der Waals surface area contributed by atoms with Gasteiger partial charge >= 0.3 is 5.97 Å². The van der Waals surface area contributed by atoms with Crippen molar-refractivity contribution in [3.05, 3.63) is 22.4 Å². The number of carboxylic acids is 1. The molecule has 1 aromatic heterocycles. The van der Waals surface area contributed by atoms with Crippen LogP contribution >= 0.6 is 11.3 Å². The first-order chi connectivity index (χ1) is 8.99. The highest BCUT2D eigenvalue weighted by Crippen LogP contribution is 2.30. The zero-order chi connectivity index (χ0) is 13.9. The lowest BCUT2D eigenvalue weighted by Gasteiger charge is -2.24. The Morgan fingerprint density at radius 1 is 1.53 bits per heavy atom. The highest BCUT2D eigenvalue weighted by atomic mass is 32.1. The summed E-state index contributed by atoms with van der Waals surface area (Å²) < 4.78 is 0. The number of carboxylic acid groups (broad SMARTS) is 1. The molecule has 0 unspecified atom stereocenters. The summed E-state index contributed by atoms with van der Waals surface area (Å²) in [4.78, 5) is 13.6. The van der Waals surface area contributed by atoms with E-state index in [4.69, 9.17) is 5.11 Å². The molecule has 0 aliphatic heterocycles. The minimum absolute atomic E-state index is 0.600. The Morgan fingerprint density at radius 2 is 2.26 bits per heavy atom. The molecule has 0 amide bonds. The van der Waals surface area contributed by atoms with Crippen LogP contribution in [-0.2, 0) is 11.3 Å². The second-order valence-electron chi connectivity index (χ2n) is 6.13. The monoisotopic (exact) mass is 281 g/mol. The summed E-state index contributed by atoms with van der Waals surface area (Å²) in [5.41, 5.74) is 0.784. The van der Waals surface area contributed by atoms with E-state index in [9.17, 15) is 4.79 Å². The Bertz CT molecular complexity index is 410. The quantitative estimate of drug-likeness (QED) is 0.791. The van der Waals surface area contributed by atoms with Crippen LogP contribution in [0.15, 0.2) is 16.8 Å². The number of aliphatic carboxylic acids is 1. The zero-order valence-corrected chi connectivity index (χ0v) is 12.6. The number of thiophene rings is 1. The van der Waals surface area contributed by atoms with Gasteiger partial charge in [-0.1, -0.05) is 0 Å². The van der Waals surface area contributed by atoms with Gasteiger partial charge in [0.25, 0.3) is 0 Å². The normalized spacial score (nSPS) is 15.9. The van der Waals surface area contributed by atoms with Crippen molar-refractivity contribution >= 4 is 17.3 Å². The molecule has 1 heterocycles. The van der Waals surface area contributed by atoms with Crippen LogP contribution in [0.25, 0.3) is 0 Å². The number of nitrogens with zero attached hydrogens (tertiary/aromatic N) is 1. The van der Waals surface area contributed by atoms with E-state index < -0.39 is 11.4 Å². The maximum Gasteiger partial charge on any atom is 0.309 e. The van der Waals surface area contributed by atoms with Crippen molar-refractivity contribution in [1.29, 1.82) is 0 Å². The molecule has 0 atom stereocenters. The first-order valence-electron chi connectivity index (χ1n) is 6.97. The smallest absolute Gasteiger partial charge is 0.309 e. The highest BCUT2D eigenvalue weighted by Gasteiger charge is 2.30. The molecule has 1 N–H and O–H groups in total. The predicted octanol–water partition coefficient (Wildman–Crippen LogP) is 3.60. The Kier molecular flexibility index (Phi) is 4.63. The van der Waals surface area contributed by atoms with Gasteiger partial charge in [0.15, 0.2) is 0 Å². The summed E-state index contributed by atoms with van der Waals surface area (Å²) in [6.45, 7) is 5.66.